The summed E-state index contributed by atoms with van der Waals surface area (Å²) in [4.78, 5) is 11.3. The number of hydrogen-bond acceptors (Lipinski definition) is 3. The van der Waals surface area contributed by atoms with E-state index in [1.54, 1.807) is 0 Å². The van der Waals surface area contributed by atoms with Crippen LogP contribution in [0.1, 0.15) is 39.4 Å². The molecular formula is C20H26O3. The van der Waals surface area contributed by atoms with Crippen LogP contribution in [0.15, 0.2) is 42.0 Å². The summed E-state index contributed by atoms with van der Waals surface area (Å²) in [6.45, 7) is 9.25. The maximum Gasteiger partial charge on any atom is 0.302 e. The molecule has 1 aliphatic carbocycles. The molecule has 0 amide bonds. The Kier molecular flexibility index (Phi) is 4.33. The normalized spacial score (nSPS) is 36.3. The van der Waals surface area contributed by atoms with Crippen molar-refractivity contribution >= 4 is 5.97 Å². The van der Waals surface area contributed by atoms with Gasteiger partial charge in [-0.2, -0.15) is 0 Å². The van der Waals surface area contributed by atoms with Gasteiger partial charge in [0.05, 0.1) is 19.3 Å². The van der Waals surface area contributed by atoms with Gasteiger partial charge >= 0.3 is 5.97 Å². The van der Waals surface area contributed by atoms with Gasteiger partial charge in [-0.05, 0) is 24.3 Å². The zero-order valence-corrected chi connectivity index (χ0v) is 14.4. The third kappa shape index (κ3) is 2.72. The second-order valence-corrected chi connectivity index (χ2v) is 7.17. The van der Waals surface area contributed by atoms with Crippen molar-refractivity contribution < 1.29 is 14.3 Å². The van der Waals surface area contributed by atoms with Crippen molar-refractivity contribution in [2.75, 3.05) is 13.2 Å². The maximum absolute atomic E-state index is 11.3. The standard InChI is InChI=1S/C20H26O3/c1-13-10-14(2)20(11-22-16(4)21)12-23-19(18(13)15(20)3)17-8-6-5-7-9-17/h5-10,14-15,18-19H,11-12H2,1-4H3/t14-,15-,18-,19+,20+/m0/s1. The van der Waals surface area contributed by atoms with Crippen LogP contribution in [0.3, 0.4) is 0 Å². The number of ether oxygens (including phenoxy) is 2. The first-order chi connectivity index (χ1) is 11.0. The number of fused-ring (bicyclic) bond motifs is 2. The smallest absolute Gasteiger partial charge is 0.302 e. The van der Waals surface area contributed by atoms with Gasteiger partial charge in [-0.1, -0.05) is 55.8 Å². The molecule has 1 aromatic rings. The number of carbonyl (C=O) groups is 1. The minimum absolute atomic E-state index is 0.0837. The molecule has 23 heavy (non-hydrogen) atoms. The Labute approximate surface area is 138 Å². The molecule has 1 aliphatic heterocycles. The lowest BCUT2D eigenvalue weighted by atomic mass is 9.56. The molecular weight excluding hydrogens is 288 g/mol. The largest absolute Gasteiger partial charge is 0.465 e. The van der Waals surface area contributed by atoms with Gasteiger partial charge < -0.3 is 9.47 Å². The number of rotatable bonds is 3. The zero-order chi connectivity index (χ0) is 16.6. The van der Waals surface area contributed by atoms with Gasteiger partial charge in [0.1, 0.15) is 0 Å². The summed E-state index contributed by atoms with van der Waals surface area (Å²) in [7, 11) is 0. The van der Waals surface area contributed by atoms with Crippen molar-refractivity contribution in [1.82, 2.24) is 0 Å². The van der Waals surface area contributed by atoms with E-state index in [9.17, 15) is 4.79 Å². The predicted octanol–water partition coefficient (Wildman–Crippen LogP) is 4.16. The fourth-order valence-corrected chi connectivity index (χ4v) is 4.44. The summed E-state index contributed by atoms with van der Waals surface area (Å²) in [6.07, 6.45) is 2.44. The lowest BCUT2D eigenvalue weighted by Gasteiger charge is -2.55. The van der Waals surface area contributed by atoms with Crippen molar-refractivity contribution in [3.63, 3.8) is 0 Å². The van der Waals surface area contributed by atoms with Crippen LogP contribution >= 0.6 is 0 Å². The van der Waals surface area contributed by atoms with E-state index in [1.807, 2.05) is 6.07 Å². The van der Waals surface area contributed by atoms with Crippen molar-refractivity contribution in [2.45, 2.75) is 33.8 Å². The molecule has 0 saturated carbocycles. The first kappa shape index (κ1) is 16.3. The summed E-state index contributed by atoms with van der Waals surface area (Å²) < 4.78 is 11.8. The quantitative estimate of drug-likeness (QED) is 0.621. The van der Waals surface area contributed by atoms with Gasteiger partial charge in [0, 0.05) is 18.3 Å². The Bertz CT molecular complexity index is 607. The number of hydrogen-bond donors (Lipinski definition) is 0. The van der Waals surface area contributed by atoms with Crippen LogP contribution in [0.4, 0.5) is 0 Å². The van der Waals surface area contributed by atoms with Crippen LogP contribution in [-0.2, 0) is 14.3 Å². The first-order valence-electron chi connectivity index (χ1n) is 8.44. The Morgan fingerprint density at radius 3 is 2.65 bits per heavy atom. The Morgan fingerprint density at radius 1 is 1.30 bits per heavy atom. The molecule has 1 heterocycles. The molecule has 0 spiro atoms. The highest BCUT2D eigenvalue weighted by molar-refractivity contribution is 5.66. The molecule has 0 radical (unpaired) electrons. The van der Waals surface area contributed by atoms with Crippen LogP contribution in [-0.4, -0.2) is 19.2 Å². The summed E-state index contributed by atoms with van der Waals surface area (Å²) in [6, 6.07) is 10.4. The van der Waals surface area contributed by atoms with Gasteiger partial charge in [-0.15, -0.1) is 0 Å². The minimum atomic E-state index is -0.216. The SMILES string of the molecule is CC(=O)OC[C@@]12CO[C@H](c3ccccc3)[C@@H](C(C)=C[C@@H]1C)[C@@H]2C. The number of allylic oxidation sites excluding steroid dienone is 1. The predicted molar refractivity (Wildman–Crippen MR) is 89.8 cm³/mol. The van der Waals surface area contributed by atoms with E-state index in [1.165, 1.54) is 18.1 Å². The van der Waals surface area contributed by atoms with Gasteiger partial charge in [0.25, 0.3) is 0 Å². The van der Waals surface area contributed by atoms with Crippen LogP contribution < -0.4 is 0 Å². The fraction of sp³-hybridized carbons (Fsp3) is 0.550. The monoisotopic (exact) mass is 314 g/mol. The highest BCUT2D eigenvalue weighted by Gasteiger charge is 2.54. The molecule has 3 rings (SSSR count). The highest BCUT2D eigenvalue weighted by Crippen LogP contribution is 2.56. The van der Waals surface area contributed by atoms with Crippen LogP contribution in [0.25, 0.3) is 0 Å². The summed E-state index contributed by atoms with van der Waals surface area (Å²) >= 11 is 0. The molecule has 124 valence electrons. The second kappa shape index (κ2) is 6.12. The second-order valence-electron chi connectivity index (χ2n) is 7.17. The van der Waals surface area contributed by atoms with Crippen molar-refractivity contribution in [3.8, 4) is 0 Å². The van der Waals surface area contributed by atoms with Gasteiger partial charge in [0.15, 0.2) is 0 Å². The van der Waals surface area contributed by atoms with Gasteiger partial charge in [-0.25, -0.2) is 0 Å². The number of esters is 1. The van der Waals surface area contributed by atoms with Crippen LogP contribution in [0.5, 0.6) is 0 Å². The molecule has 0 unspecified atom stereocenters. The summed E-state index contributed by atoms with van der Waals surface area (Å²) in [5, 5.41) is 0. The third-order valence-electron chi connectivity index (χ3n) is 5.92. The van der Waals surface area contributed by atoms with E-state index in [4.69, 9.17) is 9.47 Å². The van der Waals surface area contributed by atoms with Gasteiger partial charge in [0.2, 0.25) is 0 Å². The van der Waals surface area contributed by atoms with Crippen LogP contribution in [0, 0.1) is 23.2 Å². The average molecular weight is 314 g/mol. The molecule has 0 N–H and O–H groups in total. The number of benzene rings is 1. The molecule has 1 aromatic carbocycles. The van der Waals surface area contributed by atoms with E-state index in [-0.39, 0.29) is 17.5 Å². The van der Waals surface area contributed by atoms with Crippen molar-refractivity contribution in [3.05, 3.63) is 47.5 Å². The first-order valence-corrected chi connectivity index (χ1v) is 8.44. The molecule has 5 atom stereocenters. The van der Waals surface area contributed by atoms with E-state index in [0.717, 1.165) is 0 Å². The van der Waals surface area contributed by atoms with E-state index >= 15 is 0 Å². The van der Waals surface area contributed by atoms with Crippen molar-refractivity contribution in [2.24, 2.45) is 23.2 Å². The Morgan fingerprint density at radius 2 is 2.00 bits per heavy atom. The molecule has 3 nitrogen and oxygen atoms in total. The molecule has 2 bridgehead atoms. The lowest BCUT2D eigenvalue weighted by molar-refractivity contribution is -0.180. The molecule has 2 aliphatic rings. The van der Waals surface area contributed by atoms with E-state index in [0.29, 0.717) is 31.0 Å². The highest BCUT2D eigenvalue weighted by atomic mass is 16.5. The minimum Gasteiger partial charge on any atom is -0.465 e. The average Bonchev–Trinajstić information content (AvgIpc) is 2.52. The van der Waals surface area contributed by atoms with E-state index in [2.05, 4.69) is 51.1 Å². The maximum atomic E-state index is 11.3. The molecule has 3 heteroatoms. The summed E-state index contributed by atoms with van der Waals surface area (Å²) in [5.41, 5.74) is 2.49. The third-order valence-corrected chi connectivity index (χ3v) is 5.92. The molecule has 1 saturated heterocycles. The summed E-state index contributed by atoms with van der Waals surface area (Å²) in [5.74, 6) is 0.857. The molecule has 0 aromatic heterocycles. The molecule has 1 fully saturated rings. The topological polar surface area (TPSA) is 35.5 Å². The van der Waals surface area contributed by atoms with Gasteiger partial charge in [-0.3, -0.25) is 4.79 Å². The van der Waals surface area contributed by atoms with E-state index < -0.39 is 0 Å². The van der Waals surface area contributed by atoms with Crippen molar-refractivity contribution in [1.29, 1.82) is 0 Å². The fourth-order valence-electron chi connectivity index (χ4n) is 4.44. The zero-order valence-electron chi connectivity index (χ0n) is 14.4. The lowest BCUT2D eigenvalue weighted by Crippen LogP contribution is -2.54. The number of carbonyl (C=O) groups excluding carboxylic acids is 1. The Hall–Kier alpha value is -1.61. The van der Waals surface area contributed by atoms with Crippen LogP contribution in [0.2, 0.25) is 0 Å². The Balaban J connectivity index is 1.95.